The number of carbonyl (C=O) groups excluding carboxylic acids is 1. The highest BCUT2D eigenvalue weighted by Gasteiger charge is 2.26. The van der Waals surface area contributed by atoms with Crippen LogP contribution in [0.4, 0.5) is 11.4 Å². The highest BCUT2D eigenvalue weighted by Crippen LogP contribution is 2.31. The molecule has 1 amide bonds. The number of ether oxygens (including phenoxy) is 1. The van der Waals surface area contributed by atoms with Crippen molar-refractivity contribution in [1.29, 1.82) is 0 Å². The van der Waals surface area contributed by atoms with E-state index in [0.29, 0.717) is 18.8 Å². The van der Waals surface area contributed by atoms with E-state index in [-0.39, 0.29) is 36.5 Å². The van der Waals surface area contributed by atoms with Crippen molar-refractivity contribution in [3.8, 4) is 0 Å². The number of hydrogen-bond donors (Lipinski definition) is 2. The van der Waals surface area contributed by atoms with Crippen molar-refractivity contribution in [3.63, 3.8) is 0 Å². The molecular weight excluding hydrogens is 302 g/mol. The first-order chi connectivity index (χ1) is 11.1. The summed E-state index contributed by atoms with van der Waals surface area (Å²) in [7, 11) is 1.48. The molecule has 8 heteroatoms. The molecule has 1 atom stereocenters. The van der Waals surface area contributed by atoms with Crippen molar-refractivity contribution in [1.82, 2.24) is 5.32 Å². The minimum absolute atomic E-state index is 0.0442. The molecule has 0 saturated carbocycles. The third kappa shape index (κ3) is 4.17. The molecule has 1 aromatic carbocycles. The van der Waals surface area contributed by atoms with E-state index in [1.54, 1.807) is 12.1 Å². The second-order valence-corrected chi connectivity index (χ2v) is 5.34. The smallest absolute Gasteiger partial charge is 0.293 e. The predicted octanol–water partition coefficient (Wildman–Crippen LogP) is 0.932. The van der Waals surface area contributed by atoms with E-state index in [1.807, 2.05) is 4.90 Å². The lowest BCUT2D eigenvalue weighted by Gasteiger charge is -2.33. The summed E-state index contributed by atoms with van der Waals surface area (Å²) in [4.78, 5) is 24.4. The number of nitrogens with zero attached hydrogens (tertiary/aromatic N) is 2. The summed E-state index contributed by atoms with van der Waals surface area (Å²) in [6.07, 6.45) is 1.65. The van der Waals surface area contributed by atoms with Crippen LogP contribution in [0.3, 0.4) is 0 Å². The van der Waals surface area contributed by atoms with Gasteiger partial charge in [0.1, 0.15) is 5.69 Å². The van der Waals surface area contributed by atoms with E-state index in [9.17, 15) is 14.9 Å². The van der Waals surface area contributed by atoms with Gasteiger partial charge in [-0.15, -0.1) is 0 Å². The maximum atomic E-state index is 11.7. The van der Waals surface area contributed by atoms with E-state index in [4.69, 9.17) is 9.84 Å². The zero-order chi connectivity index (χ0) is 16.8. The number of aliphatic hydroxyl groups excluding tert-OH is 1. The molecule has 8 nitrogen and oxygen atoms in total. The van der Waals surface area contributed by atoms with Gasteiger partial charge < -0.3 is 20.1 Å². The van der Waals surface area contributed by atoms with Crippen LogP contribution in [0.2, 0.25) is 0 Å². The Morgan fingerprint density at radius 1 is 1.57 bits per heavy atom. The van der Waals surface area contributed by atoms with Crippen molar-refractivity contribution in [2.75, 3.05) is 38.3 Å². The van der Waals surface area contributed by atoms with Gasteiger partial charge in [0.15, 0.2) is 0 Å². The maximum Gasteiger partial charge on any atom is 0.293 e. The van der Waals surface area contributed by atoms with E-state index in [2.05, 4.69) is 5.32 Å². The van der Waals surface area contributed by atoms with Crippen molar-refractivity contribution >= 4 is 17.3 Å². The van der Waals surface area contributed by atoms with Crippen LogP contribution in [0.1, 0.15) is 23.2 Å². The lowest BCUT2D eigenvalue weighted by atomic mass is 10.1. The van der Waals surface area contributed by atoms with Crippen LogP contribution in [0.5, 0.6) is 0 Å². The zero-order valence-corrected chi connectivity index (χ0v) is 13.0. The molecule has 0 aliphatic carbocycles. The average Bonchev–Trinajstić information content (AvgIpc) is 2.58. The van der Waals surface area contributed by atoms with E-state index in [1.165, 1.54) is 13.1 Å². The fourth-order valence-corrected chi connectivity index (χ4v) is 2.74. The average molecular weight is 323 g/mol. The van der Waals surface area contributed by atoms with Gasteiger partial charge in [0, 0.05) is 31.8 Å². The summed E-state index contributed by atoms with van der Waals surface area (Å²) >= 11 is 0. The Morgan fingerprint density at radius 3 is 3.00 bits per heavy atom. The molecule has 1 aromatic rings. The predicted molar refractivity (Wildman–Crippen MR) is 84.8 cm³/mol. The second-order valence-electron chi connectivity index (χ2n) is 5.34. The molecule has 0 aromatic heterocycles. The van der Waals surface area contributed by atoms with Gasteiger partial charge in [-0.3, -0.25) is 14.9 Å². The molecule has 0 spiro atoms. The number of benzene rings is 1. The largest absolute Gasteiger partial charge is 0.394 e. The molecular formula is C15H21N3O5. The first-order valence-corrected chi connectivity index (χ1v) is 7.54. The first-order valence-electron chi connectivity index (χ1n) is 7.54. The Hall–Kier alpha value is -2.19. The van der Waals surface area contributed by atoms with Gasteiger partial charge in [-0.1, -0.05) is 0 Å². The molecule has 2 N–H and O–H groups in total. The monoisotopic (exact) mass is 323 g/mol. The van der Waals surface area contributed by atoms with Gasteiger partial charge in [0.25, 0.3) is 11.6 Å². The number of carbonyl (C=O) groups is 1. The molecule has 23 heavy (non-hydrogen) atoms. The number of anilines is 1. The third-order valence-electron chi connectivity index (χ3n) is 3.83. The van der Waals surface area contributed by atoms with E-state index in [0.717, 1.165) is 12.8 Å². The van der Waals surface area contributed by atoms with Crippen LogP contribution >= 0.6 is 0 Å². The topological polar surface area (TPSA) is 105 Å². The van der Waals surface area contributed by atoms with Crippen LogP contribution in [-0.2, 0) is 4.74 Å². The summed E-state index contributed by atoms with van der Waals surface area (Å²) in [5.41, 5.74) is 0.655. The number of nitro benzene ring substituents is 1. The van der Waals surface area contributed by atoms with E-state index >= 15 is 0 Å². The highest BCUT2D eigenvalue weighted by atomic mass is 16.6. The van der Waals surface area contributed by atoms with Crippen LogP contribution < -0.4 is 10.2 Å². The summed E-state index contributed by atoms with van der Waals surface area (Å²) in [6.45, 7) is 1.44. The molecule has 1 aliphatic rings. The van der Waals surface area contributed by atoms with Crippen LogP contribution in [0.25, 0.3) is 0 Å². The maximum absolute atomic E-state index is 11.7. The number of aliphatic hydroxyl groups is 1. The Kier molecular flexibility index (Phi) is 5.89. The Morgan fingerprint density at radius 2 is 2.35 bits per heavy atom. The Bertz CT molecular complexity index is 578. The van der Waals surface area contributed by atoms with Gasteiger partial charge in [-0.2, -0.15) is 0 Å². The van der Waals surface area contributed by atoms with Gasteiger partial charge in [-0.05, 0) is 25.0 Å². The standard InChI is InChI=1S/C15H21N3O5/c1-16-15(20)11-4-5-13(14(9-11)18(21)22)17-6-2-3-12(10-17)23-8-7-19/h4-5,9,12,19H,2-3,6-8,10H2,1H3,(H,16,20). The highest BCUT2D eigenvalue weighted by molar-refractivity contribution is 5.95. The first kappa shape index (κ1) is 17.2. The van der Waals surface area contributed by atoms with Crippen molar-refractivity contribution in [3.05, 3.63) is 33.9 Å². The number of amides is 1. The van der Waals surface area contributed by atoms with Gasteiger partial charge >= 0.3 is 0 Å². The molecule has 2 rings (SSSR count). The van der Waals surface area contributed by atoms with Crippen LogP contribution in [0.15, 0.2) is 18.2 Å². The quantitative estimate of drug-likeness (QED) is 0.596. The normalized spacial score (nSPS) is 17.8. The molecule has 126 valence electrons. The molecule has 1 aliphatic heterocycles. The Balaban J connectivity index is 2.23. The molecule has 1 heterocycles. The minimum Gasteiger partial charge on any atom is -0.394 e. The zero-order valence-electron chi connectivity index (χ0n) is 13.0. The van der Waals surface area contributed by atoms with Crippen molar-refractivity contribution in [2.24, 2.45) is 0 Å². The summed E-state index contributed by atoms with van der Waals surface area (Å²) in [5.74, 6) is -0.359. The van der Waals surface area contributed by atoms with Crippen LogP contribution in [-0.4, -0.2) is 55.4 Å². The molecule has 0 bridgehead atoms. The summed E-state index contributed by atoms with van der Waals surface area (Å²) < 4.78 is 5.54. The fourth-order valence-electron chi connectivity index (χ4n) is 2.74. The molecule has 0 radical (unpaired) electrons. The third-order valence-corrected chi connectivity index (χ3v) is 3.83. The number of hydrogen-bond acceptors (Lipinski definition) is 6. The molecule has 1 saturated heterocycles. The van der Waals surface area contributed by atoms with Crippen LogP contribution in [0, 0.1) is 10.1 Å². The lowest BCUT2D eigenvalue weighted by Crippen LogP contribution is -2.40. The minimum atomic E-state index is -0.472. The number of piperidine rings is 1. The van der Waals surface area contributed by atoms with Gasteiger partial charge in [-0.25, -0.2) is 0 Å². The summed E-state index contributed by atoms with van der Waals surface area (Å²) in [6, 6.07) is 4.49. The fraction of sp³-hybridized carbons (Fsp3) is 0.533. The summed E-state index contributed by atoms with van der Waals surface area (Å²) in [5, 5.41) is 22.7. The van der Waals surface area contributed by atoms with Crippen molar-refractivity contribution < 1.29 is 19.6 Å². The van der Waals surface area contributed by atoms with Gasteiger partial charge in [0.05, 0.1) is 24.2 Å². The Labute approximate surface area is 134 Å². The molecule has 1 fully saturated rings. The number of nitro groups is 1. The van der Waals surface area contributed by atoms with E-state index < -0.39 is 4.92 Å². The van der Waals surface area contributed by atoms with Crippen molar-refractivity contribution in [2.45, 2.75) is 18.9 Å². The SMILES string of the molecule is CNC(=O)c1ccc(N2CCCC(OCCO)C2)c([N+](=O)[O-])c1. The number of nitrogens with one attached hydrogen (secondary N) is 1. The second kappa shape index (κ2) is 7.89. The molecule has 1 unspecified atom stereocenters. The lowest BCUT2D eigenvalue weighted by molar-refractivity contribution is -0.384. The number of rotatable bonds is 6. The van der Waals surface area contributed by atoms with Gasteiger partial charge in [0.2, 0.25) is 0 Å².